The van der Waals surface area contributed by atoms with Crippen LogP contribution in [0.25, 0.3) is 0 Å². The molecule has 4 aliphatic carbocycles. The molecular formula is C10H16K. The van der Waals surface area contributed by atoms with E-state index in [-0.39, 0.29) is 51.4 Å². The molecule has 4 fully saturated rings. The average molecular weight is 175 g/mol. The van der Waals surface area contributed by atoms with Gasteiger partial charge in [0.2, 0.25) is 0 Å². The normalized spacial score (nSPS) is 52.4. The minimum absolute atomic E-state index is 0. The maximum Gasteiger partial charge on any atom is 0 e. The summed E-state index contributed by atoms with van der Waals surface area (Å²) in [5.41, 5.74) is 0. The molecule has 1 radical (unpaired) electrons. The first-order valence-electron chi connectivity index (χ1n) is 4.90. The summed E-state index contributed by atoms with van der Waals surface area (Å²) in [7, 11) is 0. The molecule has 0 aromatic rings. The monoisotopic (exact) mass is 175 g/mol. The minimum atomic E-state index is 0. The van der Waals surface area contributed by atoms with Crippen LogP contribution in [0.4, 0.5) is 0 Å². The second-order valence-corrected chi connectivity index (χ2v) is 4.88. The molecule has 4 bridgehead atoms. The summed E-state index contributed by atoms with van der Waals surface area (Å²) < 4.78 is 0. The van der Waals surface area contributed by atoms with Crippen molar-refractivity contribution >= 4 is 51.4 Å². The van der Waals surface area contributed by atoms with E-state index in [0.717, 1.165) is 0 Å². The molecule has 4 aliphatic rings. The summed E-state index contributed by atoms with van der Waals surface area (Å²) in [6.07, 6.45) is 9.62. The van der Waals surface area contributed by atoms with Crippen LogP contribution in [0, 0.1) is 23.7 Å². The summed E-state index contributed by atoms with van der Waals surface area (Å²) in [5, 5.41) is 0. The Kier molecular flexibility index (Phi) is 2.86. The van der Waals surface area contributed by atoms with Crippen molar-refractivity contribution in [2.75, 3.05) is 0 Å². The summed E-state index contributed by atoms with van der Waals surface area (Å²) >= 11 is 0. The van der Waals surface area contributed by atoms with Crippen LogP contribution < -0.4 is 0 Å². The van der Waals surface area contributed by atoms with Crippen molar-refractivity contribution in [1.29, 1.82) is 0 Å². The zero-order chi connectivity index (χ0) is 6.55. The molecule has 0 saturated heterocycles. The maximum absolute atomic E-state index is 1.60. The Morgan fingerprint density at radius 2 is 0.636 bits per heavy atom. The SMILES string of the molecule is C1C2CC3CC1CC(C2)C3.[K]. The number of hydrogen-bond donors (Lipinski definition) is 0. The van der Waals surface area contributed by atoms with Gasteiger partial charge in [-0.2, -0.15) is 0 Å². The van der Waals surface area contributed by atoms with Crippen molar-refractivity contribution in [3.63, 3.8) is 0 Å². The molecule has 0 N–H and O–H groups in total. The number of rotatable bonds is 0. The van der Waals surface area contributed by atoms with Crippen molar-refractivity contribution in [2.45, 2.75) is 38.5 Å². The first kappa shape index (κ1) is 9.20. The zero-order valence-corrected chi connectivity index (χ0v) is 10.7. The van der Waals surface area contributed by atoms with E-state index in [9.17, 15) is 0 Å². The third kappa shape index (κ3) is 1.64. The molecule has 0 atom stereocenters. The molecule has 11 heavy (non-hydrogen) atoms. The van der Waals surface area contributed by atoms with Gasteiger partial charge in [0.25, 0.3) is 0 Å². The van der Waals surface area contributed by atoms with Crippen LogP contribution in [0.15, 0.2) is 0 Å². The van der Waals surface area contributed by atoms with Gasteiger partial charge in [0.15, 0.2) is 0 Å². The second-order valence-electron chi connectivity index (χ2n) is 4.88. The maximum atomic E-state index is 1.60. The van der Waals surface area contributed by atoms with E-state index >= 15 is 0 Å². The Balaban J connectivity index is 0.000000480. The fourth-order valence-corrected chi connectivity index (χ4v) is 3.98. The van der Waals surface area contributed by atoms with Gasteiger partial charge in [0.1, 0.15) is 0 Å². The molecule has 1 heteroatoms. The van der Waals surface area contributed by atoms with E-state index in [0.29, 0.717) is 0 Å². The van der Waals surface area contributed by atoms with E-state index in [1.165, 1.54) is 23.7 Å². The van der Waals surface area contributed by atoms with Crippen LogP contribution in [0.2, 0.25) is 0 Å². The summed E-state index contributed by atoms with van der Waals surface area (Å²) in [6.45, 7) is 0. The Hall–Kier alpha value is 1.64. The first-order chi connectivity index (χ1) is 4.90. The van der Waals surface area contributed by atoms with Crippen LogP contribution in [0.1, 0.15) is 38.5 Å². The Morgan fingerprint density at radius 3 is 0.818 bits per heavy atom. The average Bonchev–Trinajstić information content (AvgIpc) is 1.82. The summed E-state index contributed by atoms with van der Waals surface area (Å²) in [5.74, 6) is 4.71. The van der Waals surface area contributed by atoms with Gasteiger partial charge >= 0.3 is 0 Å². The third-order valence-electron chi connectivity index (χ3n) is 4.00. The standard InChI is InChI=1S/C10H16.K/c1-7-2-9-4-8(1)5-10(3-7)6-9;/h7-10H,1-6H2;. The van der Waals surface area contributed by atoms with E-state index in [4.69, 9.17) is 0 Å². The fraction of sp³-hybridized carbons (Fsp3) is 1.00. The van der Waals surface area contributed by atoms with Crippen LogP contribution in [-0.2, 0) is 0 Å². The van der Waals surface area contributed by atoms with Gasteiger partial charge in [-0.25, -0.2) is 0 Å². The predicted octanol–water partition coefficient (Wildman–Crippen LogP) is 2.45. The largest absolute Gasteiger partial charge is 0.0475 e. The first-order valence-corrected chi connectivity index (χ1v) is 4.90. The zero-order valence-electron chi connectivity index (χ0n) is 7.55. The predicted molar refractivity (Wildman–Crippen MR) is 47.4 cm³/mol. The van der Waals surface area contributed by atoms with Crippen LogP contribution in [-0.4, -0.2) is 51.4 Å². The Labute approximate surface area is 112 Å². The van der Waals surface area contributed by atoms with E-state index in [2.05, 4.69) is 0 Å². The summed E-state index contributed by atoms with van der Waals surface area (Å²) in [4.78, 5) is 0. The van der Waals surface area contributed by atoms with Crippen LogP contribution >= 0.6 is 0 Å². The van der Waals surface area contributed by atoms with Gasteiger partial charge in [-0.1, -0.05) is 0 Å². The van der Waals surface area contributed by atoms with E-state index < -0.39 is 0 Å². The van der Waals surface area contributed by atoms with Crippen molar-refractivity contribution in [1.82, 2.24) is 0 Å². The van der Waals surface area contributed by atoms with Crippen molar-refractivity contribution in [2.24, 2.45) is 23.7 Å². The number of hydrogen-bond acceptors (Lipinski definition) is 0. The quantitative estimate of drug-likeness (QED) is 0.496. The third-order valence-corrected chi connectivity index (χ3v) is 4.00. The van der Waals surface area contributed by atoms with Crippen molar-refractivity contribution < 1.29 is 0 Å². The van der Waals surface area contributed by atoms with Gasteiger partial charge < -0.3 is 0 Å². The topological polar surface area (TPSA) is 0 Å². The summed E-state index contributed by atoms with van der Waals surface area (Å²) in [6, 6.07) is 0. The Morgan fingerprint density at radius 1 is 0.455 bits per heavy atom. The fourth-order valence-electron chi connectivity index (χ4n) is 3.98. The second kappa shape index (κ2) is 3.41. The van der Waals surface area contributed by atoms with Gasteiger partial charge in [-0.3, -0.25) is 0 Å². The van der Waals surface area contributed by atoms with Crippen LogP contribution in [0.3, 0.4) is 0 Å². The molecule has 0 heterocycles. The minimum Gasteiger partial charge on any atom is -0.0475 e. The molecule has 4 rings (SSSR count). The smallest absolute Gasteiger partial charge is 0 e. The van der Waals surface area contributed by atoms with Crippen LogP contribution in [0.5, 0.6) is 0 Å². The molecule has 0 amide bonds. The molecule has 0 unspecified atom stereocenters. The van der Waals surface area contributed by atoms with E-state index in [1.807, 2.05) is 0 Å². The van der Waals surface area contributed by atoms with Gasteiger partial charge in [-0.15, -0.1) is 0 Å². The molecule has 0 aliphatic heterocycles. The molecule has 0 spiro atoms. The van der Waals surface area contributed by atoms with Gasteiger partial charge in [0.05, 0.1) is 0 Å². The van der Waals surface area contributed by atoms with Crippen molar-refractivity contribution in [3.05, 3.63) is 0 Å². The van der Waals surface area contributed by atoms with E-state index in [1.54, 1.807) is 38.5 Å². The molecule has 57 valence electrons. The molecule has 0 nitrogen and oxygen atoms in total. The Bertz CT molecular complexity index is 96.4. The molecule has 0 aromatic heterocycles. The van der Waals surface area contributed by atoms with Gasteiger partial charge in [0, 0.05) is 51.4 Å². The molecule has 0 aromatic carbocycles. The molecular weight excluding hydrogens is 159 g/mol. The van der Waals surface area contributed by atoms with Crippen molar-refractivity contribution in [3.8, 4) is 0 Å². The molecule has 4 saturated carbocycles. The van der Waals surface area contributed by atoms with Gasteiger partial charge in [-0.05, 0) is 62.2 Å².